The van der Waals surface area contributed by atoms with Gasteiger partial charge in [-0.3, -0.25) is 9.69 Å². The number of para-hydroxylation sites is 1. The Balaban J connectivity index is 1.25. The summed E-state index contributed by atoms with van der Waals surface area (Å²) in [7, 11) is 1.72. The number of piperidine rings is 1. The second kappa shape index (κ2) is 7.97. The van der Waals surface area contributed by atoms with Gasteiger partial charge in [-0.25, -0.2) is 0 Å². The van der Waals surface area contributed by atoms with E-state index >= 15 is 0 Å². The first-order valence-electron chi connectivity index (χ1n) is 10.1. The summed E-state index contributed by atoms with van der Waals surface area (Å²) in [5.74, 6) is 1.91. The molecule has 142 valence electrons. The van der Waals surface area contributed by atoms with Gasteiger partial charge in [0, 0.05) is 56.8 Å². The van der Waals surface area contributed by atoms with Crippen LogP contribution in [0.5, 0.6) is 5.75 Å². The number of rotatable bonds is 5. The molecule has 3 fully saturated rings. The SMILES string of the molecule is COc1ccccc1CN1CCN(C(=O)CC2CC3CCC(C2)N3)CC1. The topological polar surface area (TPSA) is 44.8 Å². The first-order valence-corrected chi connectivity index (χ1v) is 10.1. The Kier molecular flexibility index (Phi) is 5.46. The van der Waals surface area contributed by atoms with Gasteiger partial charge in [-0.2, -0.15) is 0 Å². The number of benzene rings is 1. The molecule has 2 unspecified atom stereocenters. The molecule has 1 N–H and O–H groups in total. The molecule has 5 heteroatoms. The van der Waals surface area contributed by atoms with Crippen molar-refractivity contribution >= 4 is 5.91 Å². The fourth-order valence-electron chi connectivity index (χ4n) is 4.95. The minimum absolute atomic E-state index is 0.369. The Morgan fingerprint density at radius 3 is 2.50 bits per heavy atom. The fraction of sp³-hybridized carbons (Fsp3) is 0.667. The third kappa shape index (κ3) is 4.04. The van der Waals surface area contributed by atoms with Crippen LogP contribution in [-0.2, 0) is 11.3 Å². The summed E-state index contributed by atoms with van der Waals surface area (Å²) < 4.78 is 5.46. The average molecular weight is 357 g/mol. The molecule has 3 heterocycles. The van der Waals surface area contributed by atoms with Crippen molar-refractivity contribution in [2.45, 2.75) is 50.7 Å². The molecule has 1 aromatic carbocycles. The van der Waals surface area contributed by atoms with Crippen molar-refractivity contribution in [1.82, 2.24) is 15.1 Å². The molecule has 0 aromatic heterocycles. The molecular formula is C21H31N3O2. The van der Waals surface area contributed by atoms with Crippen LogP contribution in [-0.4, -0.2) is 61.1 Å². The summed E-state index contributed by atoms with van der Waals surface area (Å²) in [4.78, 5) is 17.2. The van der Waals surface area contributed by atoms with Crippen molar-refractivity contribution in [3.8, 4) is 5.75 Å². The Labute approximate surface area is 156 Å². The second-order valence-corrected chi connectivity index (χ2v) is 8.15. The summed E-state index contributed by atoms with van der Waals surface area (Å²) >= 11 is 0. The molecule has 0 aliphatic carbocycles. The van der Waals surface area contributed by atoms with Crippen LogP contribution in [0, 0.1) is 5.92 Å². The van der Waals surface area contributed by atoms with E-state index in [0.29, 0.717) is 23.9 Å². The number of amides is 1. The lowest BCUT2D eigenvalue weighted by Crippen LogP contribution is -2.49. The van der Waals surface area contributed by atoms with Gasteiger partial charge in [0.1, 0.15) is 5.75 Å². The predicted molar refractivity (Wildman–Crippen MR) is 102 cm³/mol. The molecule has 0 saturated carbocycles. The highest BCUT2D eigenvalue weighted by atomic mass is 16.5. The average Bonchev–Trinajstić information content (AvgIpc) is 3.01. The maximum atomic E-state index is 12.7. The number of hydrogen-bond acceptors (Lipinski definition) is 4. The molecule has 5 nitrogen and oxygen atoms in total. The van der Waals surface area contributed by atoms with Crippen LogP contribution in [0.3, 0.4) is 0 Å². The molecule has 2 atom stereocenters. The second-order valence-electron chi connectivity index (χ2n) is 8.15. The molecule has 3 aliphatic rings. The van der Waals surface area contributed by atoms with Gasteiger partial charge >= 0.3 is 0 Å². The Morgan fingerprint density at radius 2 is 1.81 bits per heavy atom. The number of hydrogen-bond donors (Lipinski definition) is 1. The monoisotopic (exact) mass is 357 g/mol. The van der Waals surface area contributed by atoms with Crippen molar-refractivity contribution < 1.29 is 9.53 Å². The van der Waals surface area contributed by atoms with Crippen LogP contribution in [0.15, 0.2) is 24.3 Å². The van der Waals surface area contributed by atoms with Crippen molar-refractivity contribution in [3.63, 3.8) is 0 Å². The maximum Gasteiger partial charge on any atom is 0.222 e. The van der Waals surface area contributed by atoms with Gasteiger partial charge in [0.05, 0.1) is 7.11 Å². The normalized spacial score (nSPS) is 29.0. The van der Waals surface area contributed by atoms with Gasteiger partial charge in [-0.15, -0.1) is 0 Å². The van der Waals surface area contributed by atoms with Crippen LogP contribution < -0.4 is 10.1 Å². The van der Waals surface area contributed by atoms with Gasteiger partial charge in [-0.05, 0) is 37.7 Å². The van der Waals surface area contributed by atoms with Crippen LogP contribution in [0.2, 0.25) is 0 Å². The quantitative estimate of drug-likeness (QED) is 0.878. The molecule has 0 radical (unpaired) electrons. The largest absolute Gasteiger partial charge is 0.496 e. The Hall–Kier alpha value is -1.59. The van der Waals surface area contributed by atoms with Gasteiger partial charge < -0.3 is 15.0 Å². The third-order valence-electron chi connectivity index (χ3n) is 6.35. The highest BCUT2D eigenvalue weighted by Gasteiger charge is 2.35. The van der Waals surface area contributed by atoms with E-state index in [1.165, 1.54) is 31.2 Å². The lowest BCUT2D eigenvalue weighted by molar-refractivity contribution is -0.134. The number of fused-ring (bicyclic) bond motifs is 2. The molecule has 0 spiro atoms. The highest BCUT2D eigenvalue weighted by molar-refractivity contribution is 5.76. The first-order chi connectivity index (χ1) is 12.7. The number of nitrogens with one attached hydrogen (secondary N) is 1. The van der Waals surface area contributed by atoms with E-state index in [2.05, 4.69) is 27.2 Å². The Bertz CT molecular complexity index is 615. The standard InChI is InChI=1S/C21H31N3O2/c1-26-20-5-3-2-4-17(20)15-23-8-10-24(11-9-23)21(25)14-16-12-18-6-7-19(13-16)22-18/h2-5,16,18-19,22H,6-15H2,1H3. The summed E-state index contributed by atoms with van der Waals surface area (Å²) in [5, 5.41) is 3.67. The molecular weight excluding hydrogens is 326 g/mol. The van der Waals surface area contributed by atoms with Crippen molar-refractivity contribution in [1.29, 1.82) is 0 Å². The zero-order valence-electron chi connectivity index (χ0n) is 15.8. The lowest BCUT2D eigenvalue weighted by Gasteiger charge is -2.36. The molecule has 3 saturated heterocycles. The van der Waals surface area contributed by atoms with E-state index in [4.69, 9.17) is 4.74 Å². The molecule has 3 aliphatic heterocycles. The van der Waals surface area contributed by atoms with E-state index in [1.807, 2.05) is 12.1 Å². The minimum atomic E-state index is 0.369. The van der Waals surface area contributed by atoms with E-state index < -0.39 is 0 Å². The summed E-state index contributed by atoms with van der Waals surface area (Å²) in [5.41, 5.74) is 1.22. The van der Waals surface area contributed by atoms with E-state index in [9.17, 15) is 4.79 Å². The smallest absolute Gasteiger partial charge is 0.222 e. The van der Waals surface area contributed by atoms with Gasteiger partial charge in [-0.1, -0.05) is 18.2 Å². The van der Waals surface area contributed by atoms with E-state index in [0.717, 1.165) is 44.9 Å². The molecule has 26 heavy (non-hydrogen) atoms. The number of carbonyl (C=O) groups is 1. The fourth-order valence-corrected chi connectivity index (χ4v) is 4.95. The van der Waals surface area contributed by atoms with E-state index in [-0.39, 0.29) is 0 Å². The number of carbonyl (C=O) groups excluding carboxylic acids is 1. The van der Waals surface area contributed by atoms with Crippen molar-refractivity contribution in [2.75, 3.05) is 33.3 Å². The predicted octanol–water partition coefficient (Wildman–Crippen LogP) is 2.26. The third-order valence-corrected chi connectivity index (χ3v) is 6.35. The minimum Gasteiger partial charge on any atom is -0.496 e. The summed E-state index contributed by atoms with van der Waals surface area (Å²) in [6, 6.07) is 9.55. The van der Waals surface area contributed by atoms with E-state index in [1.54, 1.807) is 7.11 Å². The summed E-state index contributed by atoms with van der Waals surface area (Å²) in [6.07, 6.45) is 5.74. The number of ether oxygens (including phenoxy) is 1. The first kappa shape index (κ1) is 17.8. The van der Waals surface area contributed by atoms with Crippen molar-refractivity contribution in [3.05, 3.63) is 29.8 Å². The number of methoxy groups -OCH3 is 1. The van der Waals surface area contributed by atoms with Gasteiger partial charge in [0.2, 0.25) is 5.91 Å². The van der Waals surface area contributed by atoms with Gasteiger partial charge in [0.25, 0.3) is 0 Å². The molecule has 4 rings (SSSR count). The van der Waals surface area contributed by atoms with Crippen LogP contribution >= 0.6 is 0 Å². The number of piperazine rings is 1. The van der Waals surface area contributed by atoms with Crippen molar-refractivity contribution in [2.24, 2.45) is 5.92 Å². The Morgan fingerprint density at radius 1 is 1.12 bits per heavy atom. The van der Waals surface area contributed by atoms with Gasteiger partial charge in [0.15, 0.2) is 0 Å². The zero-order chi connectivity index (χ0) is 17.9. The molecule has 1 aromatic rings. The van der Waals surface area contributed by atoms with Crippen LogP contribution in [0.25, 0.3) is 0 Å². The van der Waals surface area contributed by atoms with Crippen LogP contribution in [0.4, 0.5) is 0 Å². The molecule has 1 amide bonds. The zero-order valence-corrected chi connectivity index (χ0v) is 15.8. The maximum absolute atomic E-state index is 12.7. The summed E-state index contributed by atoms with van der Waals surface area (Å²) in [6.45, 7) is 4.49. The lowest BCUT2D eigenvalue weighted by atomic mass is 9.89. The number of nitrogens with zero attached hydrogens (tertiary/aromatic N) is 2. The molecule has 2 bridgehead atoms. The van der Waals surface area contributed by atoms with Crippen LogP contribution in [0.1, 0.15) is 37.7 Å². The highest BCUT2D eigenvalue weighted by Crippen LogP contribution is 2.33.